The molecule has 0 radical (unpaired) electrons. The van der Waals surface area contributed by atoms with Crippen molar-refractivity contribution in [3.63, 3.8) is 0 Å². The summed E-state index contributed by atoms with van der Waals surface area (Å²) in [6, 6.07) is 3.64. The van der Waals surface area contributed by atoms with Gasteiger partial charge in [-0.15, -0.1) is 0 Å². The second-order valence-corrected chi connectivity index (χ2v) is 6.85. The molecule has 3 unspecified atom stereocenters. The average molecular weight is 360 g/mol. The Morgan fingerprint density at radius 3 is 2.73 bits per heavy atom. The van der Waals surface area contributed by atoms with E-state index in [1.54, 1.807) is 19.1 Å². The third kappa shape index (κ3) is 3.47. The zero-order chi connectivity index (χ0) is 18.8. The van der Waals surface area contributed by atoms with Crippen molar-refractivity contribution in [1.29, 1.82) is 0 Å². The highest BCUT2D eigenvalue weighted by Gasteiger charge is 2.35. The van der Waals surface area contributed by atoms with E-state index in [9.17, 15) is 14.7 Å². The highest BCUT2D eigenvalue weighted by atomic mass is 16.5. The molecular weight excluding hydrogens is 336 g/mol. The summed E-state index contributed by atoms with van der Waals surface area (Å²) in [5.74, 6) is 0.148. The Labute approximate surface area is 152 Å². The van der Waals surface area contributed by atoms with Crippen LogP contribution in [0.5, 0.6) is 11.5 Å². The summed E-state index contributed by atoms with van der Waals surface area (Å²) in [6.45, 7) is 3.76. The molecule has 0 saturated heterocycles. The molecule has 2 aliphatic rings. The van der Waals surface area contributed by atoms with Gasteiger partial charge in [-0.25, -0.2) is 9.59 Å². The maximum absolute atomic E-state index is 12.9. The van der Waals surface area contributed by atoms with E-state index in [4.69, 9.17) is 9.47 Å². The van der Waals surface area contributed by atoms with Gasteiger partial charge in [0.15, 0.2) is 11.5 Å². The van der Waals surface area contributed by atoms with Crippen molar-refractivity contribution < 1.29 is 24.2 Å². The number of nitrogens with one attached hydrogen (secondary N) is 2. The number of amides is 2. The van der Waals surface area contributed by atoms with Crippen LogP contribution in [-0.4, -0.2) is 30.3 Å². The molecule has 1 aromatic carbocycles. The molecule has 0 bridgehead atoms. The van der Waals surface area contributed by atoms with Crippen LogP contribution in [-0.2, 0) is 9.53 Å². The maximum Gasteiger partial charge on any atom is 0.338 e. The number of carbonyl (C=O) groups is 2. The number of phenolic OH excluding ortho intramolecular Hbond substituents is 1. The van der Waals surface area contributed by atoms with Gasteiger partial charge in [0.2, 0.25) is 0 Å². The number of ether oxygens (including phenoxy) is 2. The normalized spacial score (nSPS) is 25.5. The third-order valence-corrected chi connectivity index (χ3v) is 5.07. The van der Waals surface area contributed by atoms with Gasteiger partial charge in [-0.2, -0.15) is 0 Å². The minimum Gasteiger partial charge on any atom is -0.504 e. The first kappa shape index (κ1) is 18.1. The van der Waals surface area contributed by atoms with Gasteiger partial charge in [-0.05, 0) is 49.8 Å². The minimum absolute atomic E-state index is 0.0129. The van der Waals surface area contributed by atoms with Crippen molar-refractivity contribution in [2.45, 2.75) is 45.3 Å². The number of allylic oxidation sites excluding steroid dienone is 1. The molecular formula is C19H24N2O5. The Kier molecular flexibility index (Phi) is 5.06. The van der Waals surface area contributed by atoms with Crippen molar-refractivity contribution in [3.8, 4) is 11.5 Å². The Hall–Kier alpha value is -2.70. The molecule has 3 N–H and O–H groups in total. The molecule has 1 aliphatic heterocycles. The van der Waals surface area contributed by atoms with Crippen LogP contribution in [0.2, 0.25) is 0 Å². The number of aromatic hydroxyl groups is 1. The minimum atomic E-state index is -0.678. The fraction of sp³-hybridized carbons (Fsp3) is 0.474. The molecule has 1 heterocycles. The van der Waals surface area contributed by atoms with Crippen molar-refractivity contribution in [1.82, 2.24) is 10.6 Å². The summed E-state index contributed by atoms with van der Waals surface area (Å²) in [4.78, 5) is 24.8. The predicted molar refractivity (Wildman–Crippen MR) is 94.7 cm³/mol. The summed E-state index contributed by atoms with van der Waals surface area (Å²) in [6.07, 6.45) is 2.85. The first-order valence-electron chi connectivity index (χ1n) is 8.77. The van der Waals surface area contributed by atoms with Crippen LogP contribution in [0.4, 0.5) is 4.79 Å². The Bertz CT molecular complexity index is 758. The molecule has 1 saturated carbocycles. The molecule has 140 valence electrons. The molecule has 1 aromatic rings. The van der Waals surface area contributed by atoms with Gasteiger partial charge in [0.25, 0.3) is 0 Å². The van der Waals surface area contributed by atoms with Gasteiger partial charge in [-0.3, -0.25) is 0 Å². The van der Waals surface area contributed by atoms with Gasteiger partial charge >= 0.3 is 12.0 Å². The Morgan fingerprint density at radius 1 is 1.31 bits per heavy atom. The number of rotatable bonds is 4. The number of hydrogen-bond donors (Lipinski definition) is 3. The topological polar surface area (TPSA) is 96.9 Å². The first-order valence-corrected chi connectivity index (χ1v) is 8.77. The lowest BCUT2D eigenvalue weighted by Crippen LogP contribution is -2.45. The van der Waals surface area contributed by atoms with Crippen molar-refractivity contribution in [2.24, 2.45) is 5.92 Å². The van der Waals surface area contributed by atoms with E-state index in [1.165, 1.54) is 13.2 Å². The van der Waals surface area contributed by atoms with Crippen molar-refractivity contribution in [3.05, 3.63) is 35.0 Å². The number of methoxy groups -OCH3 is 1. The zero-order valence-corrected chi connectivity index (χ0v) is 15.2. The lowest BCUT2D eigenvalue weighted by molar-refractivity contribution is -0.146. The van der Waals surface area contributed by atoms with Crippen molar-refractivity contribution >= 4 is 12.0 Å². The SMILES string of the molecule is COc1cc(C2NC(=O)NC(C)=C2C(=O)OC2CCCC2C)ccc1O. The summed E-state index contributed by atoms with van der Waals surface area (Å²) >= 11 is 0. The smallest absolute Gasteiger partial charge is 0.338 e. The first-order chi connectivity index (χ1) is 12.4. The van der Waals surface area contributed by atoms with E-state index >= 15 is 0 Å². The zero-order valence-electron chi connectivity index (χ0n) is 15.2. The van der Waals surface area contributed by atoms with E-state index in [0.29, 0.717) is 22.8 Å². The molecule has 1 aliphatic carbocycles. The highest BCUT2D eigenvalue weighted by molar-refractivity contribution is 5.95. The summed E-state index contributed by atoms with van der Waals surface area (Å²) in [5, 5.41) is 15.2. The predicted octanol–water partition coefficient (Wildman–Crippen LogP) is 2.76. The van der Waals surface area contributed by atoms with E-state index in [1.807, 2.05) is 0 Å². The quantitative estimate of drug-likeness (QED) is 0.718. The molecule has 1 fully saturated rings. The molecule has 3 rings (SSSR count). The Morgan fingerprint density at radius 2 is 2.08 bits per heavy atom. The summed E-state index contributed by atoms with van der Waals surface area (Å²) in [5.41, 5.74) is 1.44. The van der Waals surface area contributed by atoms with Crippen LogP contribution >= 0.6 is 0 Å². The van der Waals surface area contributed by atoms with E-state index in [-0.39, 0.29) is 17.6 Å². The second-order valence-electron chi connectivity index (χ2n) is 6.85. The van der Waals surface area contributed by atoms with Crippen LogP contribution in [0.3, 0.4) is 0 Å². The number of esters is 1. The Balaban J connectivity index is 1.92. The average Bonchev–Trinajstić information content (AvgIpc) is 2.99. The monoisotopic (exact) mass is 360 g/mol. The van der Waals surface area contributed by atoms with Crippen LogP contribution in [0.15, 0.2) is 29.5 Å². The maximum atomic E-state index is 12.9. The van der Waals surface area contributed by atoms with E-state index in [2.05, 4.69) is 17.6 Å². The summed E-state index contributed by atoms with van der Waals surface area (Å²) in [7, 11) is 1.44. The van der Waals surface area contributed by atoms with Gasteiger partial charge < -0.3 is 25.2 Å². The number of carbonyl (C=O) groups excluding carboxylic acids is 2. The molecule has 0 aromatic heterocycles. The number of urea groups is 1. The van der Waals surface area contributed by atoms with Gasteiger partial charge in [-0.1, -0.05) is 13.0 Å². The molecule has 2 amide bonds. The number of benzene rings is 1. The van der Waals surface area contributed by atoms with Crippen LogP contribution in [0.1, 0.15) is 44.7 Å². The fourth-order valence-electron chi connectivity index (χ4n) is 3.58. The largest absolute Gasteiger partial charge is 0.504 e. The molecule has 7 nitrogen and oxygen atoms in total. The third-order valence-electron chi connectivity index (χ3n) is 5.07. The lowest BCUT2D eigenvalue weighted by atomic mass is 9.95. The van der Waals surface area contributed by atoms with Crippen molar-refractivity contribution in [2.75, 3.05) is 7.11 Å². The fourth-order valence-corrected chi connectivity index (χ4v) is 3.58. The number of hydrogen-bond acceptors (Lipinski definition) is 5. The molecule has 3 atom stereocenters. The van der Waals surface area contributed by atoms with Gasteiger partial charge in [0, 0.05) is 5.70 Å². The van der Waals surface area contributed by atoms with Crippen LogP contribution < -0.4 is 15.4 Å². The highest BCUT2D eigenvalue weighted by Crippen LogP contribution is 2.35. The van der Waals surface area contributed by atoms with E-state index < -0.39 is 18.0 Å². The van der Waals surface area contributed by atoms with Gasteiger partial charge in [0.1, 0.15) is 6.10 Å². The summed E-state index contributed by atoms with van der Waals surface area (Å²) < 4.78 is 10.9. The molecule has 26 heavy (non-hydrogen) atoms. The second kappa shape index (κ2) is 7.27. The molecule has 0 spiro atoms. The number of phenols is 1. The van der Waals surface area contributed by atoms with Crippen LogP contribution in [0.25, 0.3) is 0 Å². The van der Waals surface area contributed by atoms with E-state index in [0.717, 1.165) is 19.3 Å². The lowest BCUT2D eigenvalue weighted by Gasteiger charge is -2.29. The van der Waals surface area contributed by atoms with Crippen LogP contribution in [0, 0.1) is 5.92 Å². The standard InChI is InChI=1S/C19H24N2O5/c1-10-5-4-6-14(10)26-18(23)16-11(2)20-19(24)21-17(16)12-7-8-13(22)15(9-12)25-3/h7-10,14,17,22H,4-6H2,1-3H3,(H2,20,21,24). The molecule has 7 heteroatoms. The van der Waals surface area contributed by atoms with Gasteiger partial charge in [0.05, 0.1) is 18.7 Å².